The summed E-state index contributed by atoms with van der Waals surface area (Å²) in [5, 5.41) is 0. The number of hydrogen-bond donors (Lipinski definition) is 1. The minimum absolute atomic E-state index is 0.0935. The molecule has 3 heterocycles. The van der Waals surface area contributed by atoms with Gasteiger partial charge in [-0.3, -0.25) is 14.7 Å². The van der Waals surface area contributed by atoms with Crippen LogP contribution in [0, 0.1) is 0 Å². The predicted octanol–water partition coefficient (Wildman–Crippen LogP) is 2.42. The number of aromatic amines is 1. The van der Waals surface area contributed by atoms with Gasteiger partial charge in [0.05, 0.1) is 27.0 Å². The van der Waals surface area contributed by atoms with Gasteiger partial charge in [0.1, 0.15) is 11.4 Å². The molecule has 1 aliphatic rings. The summed E-state index contributed by atoms with van der Waals surface area (Å²) in [6.07, 6.45) is 2.32. The molecule has 0 atom stereocenters. The van der Waals surface area contributed by atoms with Gasteiger partial charge in [0.25, 0.3) is 5.56 Å². The van der Waals surface area contributed by atoms with E-state index in [0.717, 1.165) is 29.1 Å². The quantitative estimate of drug-likeness (QED) is 0.670. The normalized spacial score (nSPS) is 13.6. The highest BCUT2D eigenvalue weighted by atomic mass is 16.5. The summed E-state index contributed by atoms with van der Waals surface area (Å²) in [6.45, 7) is 1.95. The number of fused-ring (bicyclic) bond motifs is 1. The van der Waals surface area contributed by atoms with E-state index in [9.17, 15) is 4.79 Å². The van der Waals surface area contributed by atoms with Crippen LogP contribution in [0.3, 0.4) is 0 Å². The fourth-order valence-corrected chi connectivity index (χ4v) is 3.71. The lowest BCUT2D eigenvalue weighted by Gasteiger charge is -2.28. The van der Waals surface area contributed by atoms with E-state index in [0.29, 0.717) is 42.5 Å². The molecule has 0 saturated carbocycles. The Morgan fingerprint density at radius 2 is 1.83 bits per heavy atom. The Labute approximate surface area is 174 Å². The largest absolute Gasteiger partial charge is 0.496 e. The van der Waals surface area contributed by atoms with Crippen molar-refractivity contribution < 1.29 is 14.2 Å². The molecule has 2 aromatic heterocycles. The number of methoxy groups -OCH3 is 3. The molecule has 8 nitrogen and oxygen atoms in total. The standard InChI is InChI=1S/C22H24N4O4/c1-28-18-11-20(30-3)19(29-2)10-14(18)12-26-9-7-15-17(13-26)24-21(25-22(15)27)16-6-4-5-8-23-16/h4-6,8,10-11H,7,9,12-13H2,1-3H3,(H,24,25,27). The van der Waals surface area contributed by atoms with Gasteiger partial charge in [-0.1, -0.05) is 6.07 Å². The fraction of sp³-hybridized carbons (Fsp3) is 0.318. The van der Waals surface area contributed by atoms with Crippen molar-refractivity contribution in [3.8, 4) is 28.8 Å². The van der Waals surface area contributed by atoms with Crippen LogP contribution < -0.4 is 19.8 Å². The maximum atomic E-state index is 12.6. The molecular weight excluding hydrogens is 384 g/mol. The van der Waals surface area contributed by atoms with Crippen molar-refractivity contribution in [3.63, 3.8) is 0 Å². The molecule has 0 aliphatic carbocycles. The number of benzene rings is 1. The third kappa shape index (κ3) is 3.86. The summed E-state index contributed by atoms with van der Waals surface area (Å²) in [5.74, 6) is 2.49. The molecule has 3 aromatic rings. The van der Waals surface area contributed by atoms with Gasteiger partial charge in [0.15, 0.2) is 17.3 Å². The lowest BCUT2D eigenvalue weighted by molar-refractivity contribution is 0.236. The zero-order valence-corrected chi connectivity index (χ0v) is 17.3. The van der Waals surface area contributed by atoms with E-state index < -0.39 is 0 Å². The van der Waals surface area contributed by atoms with E-state index >= 15 is 0 Å². The van der Waals surface area contributed by atoms with Gasteiger partial charge in [-0.15, -0.1) is 0 Å². The molecule has 0 bridgehead atoms. The molecule has 0 amide bonds. The predicted molar refractivity (Wildman–Crippen MR) is 112 cm³/mol. The highest BCUT2D eigenvalue weighted by Crippen LogP contribution is 2.35. The zero-order chi connectivity index (χ0) is 21.1. The summed E-state index contributed by atoms with van der Waals surface area (Å²) in [4.78, 5) is 26.7. The Morgan fingerprint density at radius 3 is 2.53 bits per heavy atom. The van der Waals surface area contributed by atoms with Crippen LogP contribution in [-0.2, 0) is 19.5 Å². The second kappa shape index (κ2) is 8.54. The smallest absolute Gasteiger partial charge is 0.254 e. The van der Waals surface area contributed by atoms with E-state index in [1.165, 1.54) is 0 Å². The first-order valence-electron chi connectivity index (χ1n) is 9.67. The van der Waals surface area contributed by atoms with E-state index in [-0.39, 0.29) is 5.56 Å². The molecule has 30 heavy (non-hydrogen) atoms. The monoisotopic (exact) mass is 408 g/mol. The highest BCUT2D eigenvalue weighted by molar-refractivity contribution is 5.51. The van der Waals surface area contributed by atoms with Gasteiger partial charge in [0.2, 0.25) is 0 Å². The van der Waals surface area contributed by atoms with Crippen molar-refractivity contribution in [2.24, 2.45) is 0 Å². The molecule has 1 N–H and O–H groups in total. The van der Waals surface area contributed by atoms with Gasteiger partial charge in [-0.05, 0) is 24.6 Å². The zero-order valence-electron chi connectivity index (χ0n) is 17.3. The van der Waals surface area contributed by atoms with Crippen LogP contribution in [0.25, 0.3) is 11.5 Å². The van der Waals surface area contributed by atoms with Crippen molar-refractivity contribution >= 4 is 0 Å². The molecule has 1 aliphatic heterocycles. The molecule has 1 aromatic carbocycles. The van der Waals surface area contributed by atoms with Crippen LogP contribution in [0.4, 0.5) is 0 Å². The van der Waals surface area contributed by atoms with E-state index in [2.05, 4.69) is 14.9 Å². The third-order valence-corrected chi connectivity index (χ3v) is 5.24. The third-order valence-electron chi connectivity index (χ3n) is 5.24. The van der Waals surface area contributed by atoms with Gasteiger partial charge in [-0.2, -0.15) is 0 Å². The number of aromatic nitrogens is 3. The van der Waals surface area contributed by atoms with Crippen LogP contribution >= 0.6 is 0 Å². The SMILES string of the molecule is COc1cc(OC)c(OC)cc1CN1CCc2c(nc(-c3ccccn3)[nH]c2=O)C1. The van der Waals surface area contributed by atoms with E-state index in [1.54, 1.807) is 27.5 Å². The minimum Gasteiger partial charge on any atom is -0.496 e. The first-order valence-corrected chi connectivity index (χ1v) is 9.67. The Kier molecular flexibility index (Phi) is 5.67. The fourth-order valence-electron chi connectivity index (χ4n) is 3.71. The molecule has 156 valence electrons. The first-order chi connectivity index (χ1) is 14.6. The minimum atomic E-state index is -0.0935. The average molecular weight is 408 g/mol. The molecule has 0 radical (unpaired) electrons. The summed E-state index contributed by atoms with van der Waals surface area (Å²) >= 11 is 0. The second-order valence-electron chi connectivity index (χ2n) is 7.03. The number of ether oxygens (including phenoxy) is 3. The highest BCUT2D eigenvalue weighted by Gasteiger charge is 2.23. The van der Waals surface area contributed by atoms with Gasteiger partial charge < -0.3 is 19.2 Å². The number of hydrogen-bond acceptors (Lipinski definition) is 7. The number of nitrogens with zero attached hydrogens (tertiary/aromatic N) is 3. The van der Waals surface area contributed by atoms with Gasteiger partial charge >= 0.3 is 0 Å². The number of rotatable bonds is 6. The Hall–Kier alpha value is -3.39. The molecule has 8 heteroatoms. The van der Waals surface area contributed by atoms with Gasteiger partial charge in [-0.25, -0.2) is 4.98 Å². The summed E-state index contributed by atoms with van der Waals surface area (Å²) in [6, 6.07) is 9.29. The van der Waals surface area contributed by atoms with Crippen molar-refractivity contribution in [2.45, 2.75) is 19.5 Å². The van der Waals surface area contributed by atoms with Crippen LogP contribution in [0.5, 0.6) is 17.2 Å². The summed E-state index contributed by atoms with van der Waals surface area (Å²) < 4.78 is 16.4. The average Bonchev–Trinajstić information content (AvgIpc) is 2.79. The molecular formula is C22H24N4O4. The van der Waals surface area contributed by atoms with E-state index in [4.69, 9.17) is 19.2 Å². The molecule has 0 saturated heterocycles. The molecule has 0 spiro atoms. The van der Waals surface area contributed by atoms with Crippen molar-refractivity contribution in [1.29, 1.82) is 0 Å². The topological polar surface area (TPSA) is 89.6 Å². The van der Waals surface area contributed by atoms with E-state index in [1.807, 2.05) is 30.3 Å². The number of H-pyrrole nitrogens is 1. The van der Waals surface area contributed by atoms with Crippen molar-refractivity contribution in [1.82, 2.24) is 19.9 Å². The molecule has 4 rings (SSSR count). The Balaban J connectivity index is 1.62. The van der Waals surface area contributed by atoms with Gasteiger partial charge in [0, 0.05) is 43.0 Å². The molecule has 0 fully saturated rings. The first kappa shape index (κ1) is 19.9. The summed E-state index contributed by atoms with van der Waals surface area (Å²) in [7, 11) is 4.85. The van der Waals surface area contributed by atoms with Crippen LogP contribution in [0.2, 0.25) is 0 Å². The summed E-state index contributed by atoms with van der Waals surface area (Å²) in [5.41, 5.74) is 3.06. The van der Waals surface area contributed by atoms with Crippen LogP contribution in [0.1, 0.15) is 16.8 Å². The van der Waals surface area contributed by atoms with Crippen LogP contribution in [0.15, 0.2) is 41.3 Å². The maximum Gasteiger partial charge on any atom is 0.254 e. The Morgan fingerprint density at radius 1 is 1.07 bits per heavy atom. The lowest BCUT2D eigenvalue weighted by atomic mass is 10.0. The van der Waals surface area contributed by atoms with Crippen LogP contribution in [-0.4, -0.2) is 47.7 Å². The molecule has 0 unspecified atom stereocenters. The second-order valence-corrected chi connectivity index (χ2v) is 7.03. The Bertz CT molecular complexity index is 1100. The lowest BCUT2D eigenvalue weighted by Crippen LogP contribution is -2.35. The van der Waals surface area contributed by atoms with Crippen molar-refractivity contribution in [2.75, 3.05) is 27.9 Å². The maximum absolute atomic E-state index is 12.6. The number of pyridine rings is 1. The number of nitrogens with one attached hydrogen (secondary N) is 1. The van der Waals surface area contributed by atoms with Crippen molar-refractivity contribution in [3.05, 3.63) is 63.7 Å².